The van der Waals surface area contributed by atoms with E-state index in [1.807, 2.05) is 0 Å². The topological polar surface area (TPSA) is 52.7 Å². The van der Waals surface area contributed by atoms with Gasteiger partial charge in [-0.25, -0.2) is 0 Å². The number of carbonyl (C=O) groups excluding carboxylic acids is 2. The van der Waals surface area contributed by atoms with Crippen LogP contribution >= 0.6 is 0 Å². The van der Waals surface area contributed by atoms with Crippen molar-refractivity contribution >= 4 is 11.8 Å². The number of hydrogen-bond acceptors (Lipinski definition) is 3. The Kier molecular flexibility index (Phi) is 5.89. The molecule has 2 fully saturated rings. The molecule has 2 aliphatic rings. The van der Waals surface area contributed by atoms with Crippen molar-refractivity contribution in [1.29, 1.82) is 0 Å². The van der Waals surface area contributed by atoms with Gasteiger partial charge in [-0.3, -0.25) is 9.59 Å². The molecular formula is C15H24F3N3O2. The lowest BCUT2D eigenvalue weighted by molar-refractivity contribution is -0.165. The maximum Gasteiger partial charge on any atom is 0.406 e. The monoisotopic (exact) mass is 335 g/mol. The number of carbonyl (C=O) groups is 2. The van der Waals surface area contributed by atoms with Crippen LogP contribution in [0.5, 0.6) is 0 Å². The summed E-state index contributed by atoms with van der Waals surface area (Å²) in [6, 6.07) is -0.207. The summed E-state index contributed by atoms with van der Waals surface area (Å²) in [5.41, 5.74) is 0. The summed E-state index contributed by atoms with van der Waals surface area (Å²) in [7, 11) is 0. The summed E-state index contributed by atoms with van der Waals surface area (Å²) in [6.45, 7) is 1.94. The lowest BCUT2D eigenvalue weighted by Crippen LogP contribution is -2.51. The molecule has 0 bridgehead atoms. The molecule has 2 saturated heterocycles. The molecule has 2 heterocycles. The minimum Gasteiger partial charge on any atom is -0.341 e. The van der Waals surface area contributed by atoms with Crippen LogP contribution in [0.3, 0.4) is 0 Å². The summed E-state index contributed by atoms with van der Waals surface area (Å²) in [4.78, 5) is 27.2. The van der Waals surface area contributed by atoms with Crippen LogP contribution in [-0.4, -0.2) is 66.6 Å². The first-order valence-electron chi connectivity index (χ1n) is 8.19. The number of hydrogen-bond donors (Lipinski definition) is 1. The SMILES string of the molecule is CCN(CC(F)(F)F)C(=O)C1CCCN(C(=O)C2CCCN2)C1. The molecule has 0 saturated carbocycles. The highest BCUT2D eigenvalue weighted by atomic mass is 19.4. The zero-order valence-corrected chi connectivity index (χ0v) is 13.4. The lowest BCUT2D eigenvalue weighted by atomic mass is 9.95. The van der Waals surface area contributed by atoms with Gasteiger partial charge in [-0.2, -0.15) is 13.2 Å². The van der Waals surface area contributed by atoms with Crippen LogP contribution in [0.15, 0.2) is 0 Å². The van der Waals surface area contributed by atoms with Crippen molar-refractivity contribution in [2.45, 2.75) is 44.8 Å². The zero-order chi connectivity index (χ0) is 17.0. The fourth-order valence-electron chi connectivity index (χ4n) is 3.31. The molecule has 2 amide bonds. The van der Waals surface area contributed by atoms with Gasteiger partial charge >= 0.3 is 6.18 Å². The van der Waals surface area contributed by atoms with Crippen molar-refractivity contribution in [2.75, 3.05) is 32.7 Å². The predicted molar refractivity (Wildman–Crippen MR) is 78.6 cm³/mol. The molecule has 2 atom stereocenters. The van der Waals surface area contributed by atoms with Crippen LogP contribution in [0.2, 0.25) is 0 Å². The maximum atomic E-state index is 12.6. The van der Waals surface area contributed by atoms with E-state index in [9.17, 15) is 22.8 Å². The molecule has 5 nitrogen and oxygen atoms in total. The Morgan fingerprint density at radius 3 is 2.57 bits per heavy atom. The van der Waals surface area contributed by atoms with Gasteiger partial charge in [0.1, 0.15) is 6.54 Å². The third kappa shape index (κ3) is 4.83. The van der Waals surface area contributed by atoms with Gasteiger partial charge in [0.15, 0.2) is 0 Å². The van der Waals surface area contributed by atoms with E-state index in [1.54, 1.807) is 4.90 Å². The average molecular weight is 335 g/mol. The Labute approximate surface area is 134 Å². The Hall–Kier alpha value is -1.31. The number of piperidine rings is 1. The van der Waals surface area contributed by atoms with Crippen molar-refractivity contribution < 1.29 is 22.8 Å². The molecule has 0 aromatic carbocycles. The molecule has 132 valence electrons. The number of amides is 2. The second kappa shape index (κ2) is 7.51. The fraction of sp³-hybridized carbons (Fsp3) is 0.867. The van der Waals surface area contributed by atoms with Crippen molar-refractivity contribution in [3.63, 3.8) is 0 Å². The first-order chi connectivity index (χ1) is 10.8. The van der Waals surface area contributed by atoms with E-state index in [-0.39, 0.29) is 25.0 Å². The normalized spacial score (nSPS) is 25.5. The van der Waals surface area contributed by atoms with Crippen LogP contribution in [0, 0.1) is 5.92 Å². The molecular weight excluding hydrogens is 311 g/mol. The number of nitrogens with zero attached hydrogens (tertiary/aromatic N) is 2. The van der Waals surface area contributed by atoms with Crippen LogP contribution in [0.4, 0.5) is 13.2 Å². The van der Waals surface area contributed by atoms with E-state index in [1.165, 1.54) is 6.92 Å². The van der Waals surface area contributed by atoms with Crippen LogP contribution < -0.4 is 5.32 Å². The van der Waals surface area contributed by atoms with Gasteiger partial charge in [-0.05, 0) is 39.2 Å². The van der Waals surface area contributed by atoms with Crippen molar-refractivity contribution in [1.82, 2.24) is 15.1 Å². The highest BCUT2D eigenvalue weighted by molar-refractivity contribution is 5.84. The van der Waals surface area contributed by atoms with Crippen LogP contribution in [0.1, 0.15) is 32.6 Å². The Morgan fingerprint density at radius 2 is 2.00 bits per heavy atom. The smallest absolute Gasteiger partial charge is 0.341 e. The highest BCUT2D eigenvalue weighted by Crippen LogP contribution is 2.23. The first-order valence-corrected chi connectivity index (χ1v) is 8.19. The summed E-state index contributed by atoms with van der Waals surface area (Å²) in [5.74, 6) is -1.06. The second-order valence-electron chi connectivity index (χ2n) is 6.24. The number of likely N-dealkylation sites (tertiary alicyclic amines) is 1. The lowest BCUT2D eigenvalue weighted by Gasteiger charge is -2.36. The number of alkyl halides is 3. The third-order valence-electron chi connectivity index (χ3n) is 4.50. The van der Waals surface area contributed by atoms with Gasteiger partial charge in [-0.15, -0.1) is 0 Å². The number of rotatable bonds is 4. The largest absolute Gasteiger partial charge is 0.406 e. The summed E-state index contributed by atoms with van der Waals surface area (Å²) >= 11 is 0. The molecule has 0 radical (unpaired) electrons. The van der Waals surface area contributed by atoms with Gasteiger partial charge in [-0.1, -0.05) is 0 Å². The van der Waals surface area contributed by atoms with Gasteiger partial charge < -0.3 is 15.1 Å². The van der Waals surface area contributed by atoms with Crippen molar-refractivity contribution in [3.8, 4) is 0 Å². The predicted octanol–water partition coefficient (Wildman–Crippen LogP) is 1.39. The first kappa shape index (κ1) is 18.0. The van der Waals surface area contributed by atoms with E-state index >= 15 is 0 Å². The van der Waals surface area contributed by atoms with Gasteiger partial charge in [0.25, 0.3) is 0 Å². The minimum atomic E-state index is -4.40. The van der Waals surface area contributed by atoms with E-state index in [0.29, 0.717) is 19.4 Å². The quantitative estimate of drug-likeness (QED) is 0.845. The Bertz CT molecular complexity index is 436. The molecule has 8 heteroatoms. The van der Waals surface area contributed by atoms with Crippen molar-refractivity contribution in [2.24, 2.45) is 5.92 Å². The number of halogens is 3. The minimum absolute atomic E-state index is 0.0208. The number of nitrogens with one attached hydrogen (secondary N) is 1. The molecule has 2 rings (SSSR count). The summed E-state index contributed by atoms with van der Waals surface area (Å²) in [5, 5.41) is 3.13. The second-order valence-corrected chi connectivity index (χ2v) is 6.24. The average Bonchev–Trinajstić information content (AvgIpc) is 3.05. The molecule has 0 spiro atoms. The standard InChI is InChI=1S/C15H24F3N3O2/c1-2-20(10-15(16,17)18)13(22)11-5-4-8-21(9-11)14(23)12-6-3-7-19-12/h11-12,19H,2-10H2,1H3. The third-order valence-corrected chi connectivity index (χ3v) is 4.50. The molecule has 2 unspecified atom stereocenters. The van der Waals surface area contributed by atoms with Crippen LogP contribution in [0.25, 0.3) is 0 Å². The Balaban J connectivity index is 1.96. The van der Waals surface area contributed by atoms with Gasteiger partial charge in [0.05, 0.1) is 12.0 Å². The van der Waals surface area contributed by atoms with Crippen molar-refractivity contribution in [3.05, 3.63) is 0 Å². The highest BCUT2D eigenvalue weighted by Gasteiger charge is 2.37. The summed E-state index contributed by atoms with van der Waals surface area (Å²) < 4.78 is 37.7. The summed E-state index contributed by atoms with van der Waals surface area (Å²) in [6.07, 6.45) is -1.48. The zero-order valence-electron chi connectivity index (χ0n) is 13.4. The Morgan fingerprint density at radius 1 is 1.26 bits per heavy atom. The molecule has 23 heavy (non-hydrogen) atoms. The van der Waals surface area contributed by atoms with E-state index in [2.05, 4.69) is 5.32 Å². The van der Waals surface area contributed by atoms with E-state index < -0.39 is 24.5 Å². The molecule has 0 aliphatic carbocycles. The molecule has 0 aromatic heterocycles. The molecule has 1 N–H and O–H groups in total. The molecule has 0 aromatic rings. The van der Waals surface area contributed by atoms with Crippen LogP contribution in [-0.2, 0) is 9.59 Å². The fourth-order valence-corrected chi connectivity index (χ4v) is 3.31. The van der Waals surface area contributed by atoms with Gasteiger partial charge in [0.2, 0.25) is 11.8 Å². The van der Waals surface area contributed by atoms with Gasteiger partial charge in [0, 0.05) is 19.6 Å². The van der Waals surface area contributed by atoms with E-state index in [4.69, 9.17) is 0 Å². The van der Waals surface area contributed by atoms with E-state index in [0.717, 1.165) is 24.3 Å². The molecule has 2 aliphatic heterocycles. The maximum absolute atomic E-state index is 12.6.